The van der Waals surface area contributed by atoms with Gasteiger partial charge in [-0.2, -0.15) is 0 Å². The Morgan fingerprint density at radius 1 is 1.54 bits per heavy atom. The summed E-state index contributed by atoms with van der Waals surface area (Å²) < 4.78 is 5.16. The van der Waals surface area contributed by atoms with Crippen LogP contribution < -0.4 is 10.5 Å². The molecule has 3 heteroatoms. The molecule has 0 aliphatic carbocycles. The van der Waals surface area contributed by atoms with E-state index in [4.69, 9.17) is 10.5 Å². The van der Waals surface area contributed by atoms with E-state index in [9.17, 15) is 0 Å². The maximum Gasteiger partial charge on any atom is 0.119 e. The number of hydrogen-bond donors (Lipinski definition) is 1. The van der Waals surface area contributed by atoms with Crippen molar-refractivity contribution in [3.05, 3.63) is 23.8 Å². The largest absolute Gasteiger partial charge is 0.497 e. The lowest BCUT2D eigenvalue weighted by molar-refractivity contribution is 0.413. The van der Waals surface area contributed by atoms with Gasteiger partial charge in [-0.05, 0) is 24.1 Å². The number of rotatable bonds is 1. The van der Waals surface area contributed by atoms with E-state index in [-0.39, 0.29) is 0 Å². The van der Waals surface area contributed by atoms with Gasteiger partial charge in [-0.3, -0.25) is 0 Å². The van der Waals surface area contributed by atoms with E-state index >= 15 is 0 Å². The van der Waals surface area contributed by atoms with E-state index in [0.717, 1.165) is 17.9 Å². The second-order valence-electron chi connectivity index (χ2n) is 3.25. The molecule has 1 atom stereocenters. The molecule has 0 aromatic heterocycles. The molecule has 0 fully saturated rings. The number of hydrogen-bond acceptors (Lipinski definition) is 3. The summed E-state index contributed by atoms with van der Waals surface area (Å²) in [5.74, 6) is 1.95. The van der Waals surface area contributed by atoms with Crippen molar-refractivity contribution in [2.24, 2.45) is 5.73 Å². The zero-order valence-corrected chi connectivity index (χ0v) is 8.43. The fourth-order valence-corrected chi connectivity index (χ4v) is 2.55. The first kappa shape index (κ1) is 8.91. The van der Waals surface area contributed by atoms with Gasteiger partial charge < -0.3 is 10.5 Å². The molecule has 0 bridgehead atoms. The average molecular weight is 195 g/mol. The summed E-state index contributed by atoms with van der Waals surface area (Å²) >= 11 is 1.82. The van der Waals surface area contributed by atoms with Crippen molar-refractivity contribution in [2.45, 2.75) is 17.4 Å². The lowest BCUT2D eigenvalue weighted by Gasteiger charge is -2.20. The smallest absolute Gasteiger partial charge is 0.119 e. The first-order valence-corrected chi connectivity index (χ1v) is 5.33. The molecule has 0 spiro atoms. The minimum absolute atomic E-state index is 0.311. The van der Waals surface area contributed by atoms with E-state index in [2.05, 4.69) is 12.1 Å². The molecule has 1 aliphatic heterocycles. The van der Waals surface area contributed by atoms with Crippen LogP contribution in [0.3, 0.4) is 0 Å². The summed E-state index contributed by atoms with van der Waals surface area (Å²) in [6.45, 7) is 0. The number of ether oxygens (including phenoxy) is 1. The van der Waals surface area contributed by atoms with E-state index in [1.807, 2.05) is 17.8 Å². The minimum Gasteiger partial charge on any atom is -0.497 e. The molecule has 2 nitrogen and oxygen atoms in total. The molecule has 1 aliphatic rings. The molecule has 0 radical (unpaired) electrons. The second kappa shape index (κ2) is 3.60. The summed E-state index contributed by atoms with van der Waals surface area (Å²) in [5, 5.41) is 0. The van der Waals surface area contributed by atoms with Crippen LogP contribution in [0.25, 0.3) is 0 Å². The van der Waals surface area contributed by atoms with Gasteiger partial charge in [0, 0.05) is 16.7 Å². The highest BCUT2D eigenvalue weighted by atomic mass is 32.2. The molecule has 0 saturated carbocycles. The maximum absolute atomic E-state index is 5.87. The Morgan fingerprint density at radius 3 is 3.15 bits per heavy atom. The Labute approximate surface area is 82.5 Å². The summed E-state index contributed by atoms with van der Waals surface area (Å²) in [5.41, 5.74) is 7.22. The highest BCUT2D eigenvalue weighted by molar-refractivity contribution is 7.99. The summed E-state index contributed by atoms with van der Waals surface area (Å²) in [4.78, 5) is 1.32. The molecule has 13 heavy (non-hydrogen) atoms. The van der Waals surface area contributed by atoms with Crippen LogP contribution in [0.2, 0.25) is 0 Å². The van der Waals surface area contributed by atoms with E-state index in [1.165, 1.54) is 10.5 Å². The molecule has 0 saturated heterocycles. The highest BCUT2D eigenvalue weighted by Crippen LogP contribution is 2.32. The average Bonchev–Trinajstić information content (AvgIpc) is 2.17. The van der Waals surface area contributed by atoms with Gasteiger partial charge in [-0.15, -0.1) is 11.8 Å². The minimum atomic E-state index is 0.311. The van der Waals surface area contributed by atoms with Crippen molar-refractivity contribution in [3.8, 4) is 5.75 Å². The molecule has 0 amide bonds. The van der Waals surface area contributed by atoms with Gasteiger partial charge in [-0.25, -0.2) is 0 Å². The molecule has 1 heterocycles. The Balaban J connectivity index is 2.31. The molecule has 70 valence electrons. The van der Waals surface area contributed by atoms with Crippen LogP contribution in [0.4, 0.5) is 0 Å². The third-order valence-corrected chi connectivity index (χ3v) is 3.50. The SMILES string of the molecule is COc1ccc2c(c1)SC[C@H](N)C2. The van der Waals surface area contributed by atoms with Crippen molar-refractivity contribution >= 4 is 11.8 Å². The van der Waals surface area contributed by atoms with Crippen LogP contribution in [-0.2, 0) is 6.42 Å². The van der Waals surface area contributed by atoms with Crippen LogP contribution in [0.15, 0.2) is 23.1 Å². The monoisotopic (exact) mass is 195 g/mol. The molecule has 1 aromatic carbocycles. The number of nitrogens with two attached hydrogens (primary N) is 1. The van der Waals surface area contributed by atoms with Gasteiger partial charge in [-0.1, -0.05) is 6.07 Å². The predicted octanol–water partition coefficient (Wildman–Crippen LogP) is 1.67. The normalized spacial score (nSPS) is 20.9. The predicted molar refractivity (Wildman–Crippen MR) is 55.4 cm³/mol. The molecule has 1 aromatic rings. The Morgan fingerprint density at radius 2 is 2.38 bits per heavy atom. The number of methoxy groups -OCH3 is 1. The molecule has 2 N–H and O–H groups in total. The van der Waals surface area contributed by atoms with Crippen molar-refractivity contribution < 1.29 is 4.74 Å². The van der Waals surface area contributed by atoms with Gasteiger partial charge in [0.1, 0.15) is 5.75 Å². The number of benzene rings is 1. The zero-order valence-electron chi connectivity index (χ0n) is 7.62. The highest BCUT2D eigenvalue weighted by Gasteiger charge is 2.15. The number of fused-ring (bicyclic) bond motifs is 1. The van der Waals surface area contributed by atoms with Crippen molar-refractivity contribution in [1.29, 1.82) is 0 Å². The standard InChI is InChI=1S/C10H13NOS/c1-12-9-3-2-7-4-8(11)6-13-10(7)5-9/h2-3,5,8H,4,6,11H2,1H3/t8-/m1/s1. The lowest BCUT2D eigenvalue weighted by atomic mass is 10.1. The van der Waals surface area contributed by atoms with Crippen molar-refractivity contribution in [3.63, 3.8) is 0 Å². The summed E-state index contributed by atoms with van der Waals surface area (Å²) in [7, 11) is 1.70. The quantitative estimate of drug-likeness (QED) is 0.740. The zero-order chi connectivity index (χ0) is 9.26. The first-order valence-electron chi connectivity index (χ1n) is 4.35. The molecule has 2 rings (SSSR count). The maximum atomic E-state index is 5.87. The Hall–Kier alpha value is -0.670. The topological polar surface area (TPSA) is 35.2 Å². The second-order valence-corrected chi connectivity index (χ2v) is 4.31. The molecular formula is C10H13NOS. The lowest BCUT2D eigenvalue weighted by Crippen LogP contribution is -2.28. The third-order valence-electron chi connectivity index (χ3n) is 2.21. The van der Waals surface area contributed by atoms with E-state index in [0.29, 0.717) is 6.04 Å². The Bertz CT molecular complexity index is 314. The third kappa shape index (κ3) is 1.81. The van der Waals surface area contributed by atoms with Gasteiger partial charge >= 0.3 is 0 Å². The fourth-order valence-electron chi connectivity index (χ4n) is 1.50. The van der Waals surface area contributed by atoms with Gasteiger partial charge in [0.15, 0.2) is 0 Å². The van der Waals surface area contributed by atoms with Gasteiger partial charge in [0.25, 0.3) is 0 Å². The van der Waals surface area contributed by atoms with Crippen LogP contribution in [0, 0.1) is 0 Å². The van der Waals surface area contributed by atoms with Crippen molar-refractivity contribution in [2.75, 3.05) is 12.9 Å². The molecular weight excluding hydrogens is 182 g/mol. The van der Waals surface area contributed by atoms with Crippen LogP contribution in [0.5, 0.6) is 5.75 Å². The first-order chi connectivity index (χ1) is 6.29. The van der Waals surface area contributed by atoms with Crippen LogP contribution in [-0.4, -0.2) is 18.9 Å². The summed E-state index contributed by atoms with van der Waals surface area (Å²) in [6.07, 6.45) is 0.992. The van der Waals surface area contributed by atoms with Crippen LogP contribution in [0.1, 0.15) is 5.56 Å². The van der Waals surface area contributed by atoms with E-state index < -0.39 is 0 Å². The van der Waals surface area contributed by atoms with Crippen molar-refractivity contribution in [1.82, 2.24) is 0 Å². The van der Waals surface area contributed by atoms with Gasteiger partial charge in [0.2, 0.25) is 0 Å². The van der Waals surface area contributed by atoms with Crippen LogP contribution >= 0.6 is 11.8 Å². The van der Waals surface area contributed by atoms with E-state index in [1.54, 1.807) is 7.11 Å². The fraction of sp³-hybridized carbons (Fsp3) is 0.400. The number of thioether (sulfide) groups is 1. The summed E-state index contributed by atoms with van der Waals surface area (Å²) in [6, 6.07) is 6.51. The molecule has 0 unspecified atom stereocenters. The van der Waals surface area contributed by atoms with Gasteiger partial charge in [0.05, 0.1) is 7.11 Å². The Kier molecular flexibility index (Phi) is 2.47.